The molecule has 23 heavy (non-hydrogen) atoms. The van der Waals surface area contributed by atoms with E-state index < -0.39 is 25.3 Å². The number of carbonyl (C=O) groups is 1. The fourth-order valence-electron chi connectivity index (χ4n) is 1.97. The number of ether oxygens (including phenoxy) is 1. The summed E-state index contributed by atoms with van der Waals surface area (Å²) in [5.74, 6) is -0.671. The summed E-state index contributed by atoms with van der Waals surface area (Å²) in [6, 6.07) is 5.93. The van der Waals surface area contributed by atoms with Gasteiger partial charge >= 0.3 is 6.18 Å². The largest absolute Gasteiger partial charge is 0.411 e. The van der Waals surface area contributed by atoms with Crippen LogP contribution < -0.4 is 5.32 Å². The molecule has 2 aromatic rings. The van der Waals surface area contributed by atoms with Gasteiger partial charge in [0.2, 0.25) is 0 Å². The molecule has 0 atom stereocenters. The number of alkyl halides is 3. The van der Waals surface area contributed by atoms with Gasteiger partial charge in [0.25, 0.3) is 5.91 Å². The van der Waals surface area contributed by atoms with Crippen molar-refractivity contribution in [3.8, 4) is 11.3 Å². The van der Waals surface area contributed by atoms with Crippen LogP contribution in [0, 0.1) is 13.8 Å². The SMILES string of the molecule is Cc1ccc(-c2csc(NC(=O)COCC(F)(F)F)n2)c(C)c1. The number of hydrogen-bond acceptors (Lipinski definition) is 4. The molecule has 0 saturated carbocycles. The van der Waals surface area contributed by atoms with E-state index in [4.69, 9.17) is 0 Å². The Kier molecular flexibility index (Phi) is 5.38. The molecule has 0 aliphatic heterocycles. The van der Waals surface area contributed by atoms with Crippen molar-refractivity contribution < 1.29 is 22.7 Å². The second-order valence-corrected chi connectivity index (χ2v) is 5.87. The second-order valence-electron chi connectivity index (χ2n) is 5.01. The lowest BCUT2D eigenvalue weighted by Gasteiger charge is -2.07. The van der Waals surface area contributed by atoms with Crippen LogP contribution in [0.15, 0.2) is 23.6 Å². The van der Waals surface area contributed by atoms with Crippen molar-refractivity contribution in [2.45, 2.75) is 20.0 Å². The Balaban J connectivity index is 1.95. The molecular weight excluding hydrogens is 329 g/mol. The normalized spacial score (nSPS) is 11.5. The Bertz CT molecular complexity index is 698. The maximum absolute atomic E-state index is 11.9. The van der Waals surface area contributed by atoms with Crippen molar-refractivity contribution in [1.29, 1.82) is 0 Å². The maximum atomic E-state index is 11.9. The molecule has 0 fully saturated rings. The zero-order valence-electron chi connectivity index (χ0n) is 12.5. The highest BCUT2D eigenvalue weighted by atomic mass is 32.1. The number of amides is 1. The number of anilines is 1. The molecular formula is C15H15F3N2O2S. The minimum atomic E-state index is -4.45. The number of hydrogen-bond donors (Lipinski definition) is 1. The highest BCUT2D eigenvalue weighted by molar-refractivity contribution is 7.14. The molecule has 0 aliphatic rings. The van der Waals surface area contributed by atoms with E-state index in [0.717, 1.165) is 16.7 Å². The van der Waals surface area contributed by atoms with Crippen molar-refractivity contribution in [2.75, 3.05) is 18.5 Å². The number of benzene rings is 1. The van der Waals surface area contributed by atoms with Crippen molar-refractivity contribution in [3.05, 3.63) is 34.7 Å². The fraction of sp³-hybridized carbons (Fsp3) is 0.333. The summed E-state index contributed by atoms with van der Waals surface area (Å²) in [5.41, 5.74) is 3.85. The topological polar surface area (TPSA) is 51.2 Å². The van der Waals surface area contributed by atoms with Crippen LogP contribution in [-0.2, 0) is 9.53 Å². The lowest BCUT2D eigenvalue weighted by atomic mass is 10.0. The lowest BCUT2D eigenvalue weighted by Crippen LogP contribution is -2.23. The highest BCUT2D eigenvalue weighted by Gasteiger charge is 2.27. The van der Waals surface area contributed by atoms with E-state index in [1.54, 1.807) is 5.38 Å². The number of aromatic nitrogens is 1. The highest BCUT2D eigenvalue weighted by Crippen LogP contribution is 2.28. The predicted octanol–water partition coefficient (Wildman–Crippen LogP) is 3.94. The Labute approximate surface area is 135 Å². The molecule has 0 unspecified atom stereocenters. The fourth-order valence-corrected chi connectivity index (χ4v) is 2.70. The van der Waals surface area contributed by atoms with Crippen molar-refractivity contribution in [2.24, 2.45) is 0 Å². The first-order valence-corrected chi connectivity index (χ1v) is 7.60. The molecule has 0 spiro atoms. The molecule has 1 heterocycles. The number of nitrogens with one attached hydrogen (secondary N) is 1. The van der Waals surface area contributed by atoms with Crippen LogP contribution in [-0.4, -0.2) is 30.3 Å². The zero-order valence-corrected chi connectivity index (χ0v) is 13.3. The molecule has 1 N–H and O–H groups in total. The van der Waals surface area contributed by atoms with Gasteiger partial charge in [0, 0.05) is 10.9 Å². The first-order valence-electron chi connectivity index (χ1n) is 6.72. The number of rotatable bonds is 5. The molecule has 1 amide bonds. The second kappa shape index (κ2) is 7.10. The summed E-state index contributed by atoms with van der Waals surface area (Å²) in [7, 11) is 0. The van der Waals surface area contributed by atoms with E-state index >= 15 is 0 Å². The summed E-state index contributed by atoms with van der Waals surface area (Å²) in [4.78, 5) is 15.8. The third-order valence-electron chi connectivity index (χ3n) is 2.91. The number of thiazole rings is 1. The maximum Gasteiger partial charge on any atom is 0.411 e. The van der Waals surface area contributed by atoms with Gasteiger partial charge in [0.1, 0.15) is 13.2 Å². The third-order valence-corrected chi connectivity index (χ3v) is 3.66. The van der Waals surface area contributed by atoms with Crippen molar-refractivity contribution in [3.63, 3.8) is 0 Å². The number of halogens is 3. The molecule has 124 valence electrons. The summed E-state index contributed by atoms with van der Waals surface area (Å²) < 4.78 is 40.1. The first-order chi connectivity index (χ1) is 10.7. The lowest BCUT2D eigenvalue weighted by molar-refractivity contribution is -0.174. The van der Waals surface area contributed by atoms with Gasteiger partial charge < -0.3 is 4.74 Å². The Morgan fingerprint density at radius 1 is 1.35 bits per heavy atom. The van der Waals surface area contributed by atoms with Crippen LogP contribution in [0.25, 0.3) is 11.3 Å². The van der Waals surface area contributed by atoms with Gasteiger partial charge in [-0.3, -0.25) is 10.1 Å². The van der Waals surface area contributed by atoms with Crippen molar-refractivity contribution in [1.82, 2.24) is 4.98 Å². The summed E-state index contributed by atoms with van der Waals surface area (Å²) in [5, 5.41) is 4.53. The summed E-state index contributed by atoms with van der Waals surface area (Å²) in [6.07, 6.45) is -4.45. The van der Waals surface area contributed by atoms with E-state index in [2.05, 4.69) is 15.0 Å². The van der Waals surface area contributed by atoms with Gasteiger partial charge in [-0.25, -0.2) is 4.98 Å². The number of nitrogens with zero attached hydrogens (tertiary/aromatic N) is 1. The Hall–Kier alpha value is -1.93. The zero-order chi connectivity index (χ0) is 17.0. The molecule has 1 aromatic carbocycles. The predicted molar refractivity (Wildman–Crippen MR) is 82.5 cm³/mol. The molecule has 0 bridgehead atoms. The van der Waals surface area contributed by atoms with Gasteiger partial charge in [-0.15, -0.1) is 11.3 Å². The van der Waals surface area contributed by atoms with Crippen LogP contribution >= 0.6 is 11.3 Å². The monoisotopic (exact) mass is 344 g/mol. The third kappa shape index (κ3) is 5.33. The Morgan fingerprint density at radius 2 is 2.09 bits per heavy atom. The first kappa shape index (κ1) is 17.4. The Morgan fingerprint density at radius 3 is 2.74 bits per heavy atom. The van der Waals surface area contributed by atoms with E-state index in [9.17, 15) is 18.0 Å². The summed E-state index contributed by atoms with van der Waals surface area (Å²) in [6.45, 7) is 1.83. The van der Waals surface area contributed by atoms with E-state index in [1.807, 2.05) is 32.0 Å². The van der Waals surface area contributed by atoms with Crippen LogP contribution in [0.2, 0.25) is 0 Å². The van der Waals surface area contributed by atoms with E-state index in [-0.39, 0.29) is 0 Å². The molecule has 2 rings (SSSR count). The van der Waals surface area contributed by atoms with Crippen LogP contribution in [0.3, 0.4) is 0 Å². The molecule has 4 nitrogen and oxygen atoms in total. The van der Waals surface area contributed by atoms with Gasteiger partial charge in [0.05, 0.1) is 5.69 Å². The number of carbonyl (C=O) groups excluding carboxylic acids is 1. The average molecular weight is 344 g/mol. The van der Waals surface area contributed by atoms with Crippen molar-refractivity contribution >= 4 is 22.4 Å². The minimum absolute atomic E-state index is 0.320. The van der Waals surface area contributed by atoms with Gasteiger partial charge in [-0.2, -0.15) is 13.2 Å². The minimum Gasteiger partial charge on any atom is -0.362 e. The van der Waals surface area contributed by atoms with Crippen LogP contribution in [0.1, 0.15) is 11.1 Å². The van der Waals surface area contributed by atoms with Crippen LogP contribution in [0.4, 0.5) is 18.3 Å². The van der Waals surface area contributed by atoms with Gasteiger partial charge in [0.15, 0.2) is 5.13 Å². The quantitative estimate of drug-likeness (QED) is 0.894. The molecule has 0 radical (unpaired) electrons. The van der Waals surface area contributed by atoms with Gasteiger partial charge in [-0.1, -0.05) is 23.8 Å². The van der Waals surface area contributed by atoms with Gasteiger partial charge in [-0.05, 0) is 19.4 Å². The standard InChI is InChI=1S/C15H15F3N2O2S/c1-9-3-4-11(10(2)5-9)12-7-23-14(19-12)20-13(21)6-22-8-15(16,17)18/h3-5,7H,6,8H2,1-2H3,(H,19,20,21). The molecule has 8 heteroatoms. The average Bonchev–Trinajstić information content (AvgIpc) is 2.85. The van der Waals surface area contributed by atoms with Crippen LogP contribution in [0.5, 0.6) is 0 Å². The smallest absolute Gasteiger partial charge is 0.362 e. The molecule has 1 aromatic heterocycles. The van der Waals surface area contributed by atoms with E-state index in [1.165, 1.54) is 11.3 Å². The summed E-state index contributed by atoms with van der Waals surface area (Å²) >= 11 is 1.20. The number of aryl methyl sites for hydroxylation is 2. The van der Waals surface area contributed by atoms with E-state index in [0.29, 0.717) is 10.8 Å². The molecule has 0 aliphatic carbocycles. The molecule has 0 saturated heterocycles.